The monoisotopic (exact) mass is 600 g/mol. The number of aryl methyl sites for hydroxylation is 1. The summed E-state index contributed by atoms with van der Waals surface area (Å²) in [5.41, 5.74) is 0.0643. The Bertz CT molecular complexity index is 1860. The normalized spacial score (nSPS) is 14.2. The number of benzene rings is 3. The molecule has 1 N–H and O–H groups in total. The number of hydrogen-bond donors (Lipinski definition) is 1. The quantitative estimate of drug-likeness (QED) is 0.182. The number of ether oxygens (including phenoxy) is 1. The molecule has 1 amide bonds. The van der Waals surface area contributed by atoms with E-state index in [0.717, 1.165) is 5.06 Å². The molecule has 220 valence electrons. The lowest BCUT2D eigenvalue weighted by atomic mass is 9.98. The topological polar surface area (TPSA) is 137 Å². The van der Waals surface area contributed by atoms with E-state index >= 15 is 0 Å². The van der Waals surface area contributed by atoms with Crippen LogP contribution in [0.15, 0.2) is 96.4 Å². The number of rotatable bonds is 7. The highest BCUT2D eigenvalue weighted by Crippen LogP contribution is 2.43. The predicted octanol–water partition coefficient (Wildman–Crippen LogP) is 4.80. The summed E-state index contributed by atoms with van der Waals surface area (Å²) in [6.07, 6.45) is 2.69. The van der Waals surface area contributed by atoms with Gasteiger partial charge in [0.2, 0.25) is 0 Å². The van der Waals surface area contributed by atoms with Gasteiger partial charge in [-0.25, -0.2) is 14.6 Å². The number of aromatic nitrogens is 2. The third-order valence-electron chi connectivity index (χ3n) is 6.35. The highest BCUT2D eigenvalue weighted by atomic mass is 32.2. The molecule has 0 radical (unpaired) electrons. The molecule has 43 heavy (non-hydrogen) atoms. The summed E-state index contributed by atoms with van der Waals surface area (Å²) in [5.74, 6) is -2.25. The van der Waals surface area contributed by atoms with Crippen molar-refractivity contribution in [1.82, 2.24) is 9.55 Å². The first kappa shape index (κ1) is 29.3. The van der Waals surface area contributed by atoms with Gasteiger partial charge in [-0.05, 0) is 51.1 Å². The first-order chi connectivity index (χ1) is 20.3. The van der Waals surface area contributed by atoms with E-state index in [0.29, 0.717) is 5.56 Å². The zero-order valence-corrected chi connectivity index (χ0v) is 24.6. The van der Waals surface area contributed by atoms with E-state index < -0.39 is 33.3 Å². The summed E-state index contributed by atoms with van der Waals surface area (Å²) in [7, 11) is -2.44. The standard InChI is InChI=1S/C31H28N4O7S/c1-31(2,3)30(38)42-35-24-17-22(33-43(39,40)25-18-34(4)19-32-25)15-16-23(24)26(28(35)36)27(20-11-7-5-8-12-20)41-29(37)21-13-9-6-10-14-21/h5-19,33H,1-4H3. The molecule has 0 atom stereocenters. The number of esters is 1. The second-order valence-corrected chi connectivity index (χ2v) is 12.4. The minimum absolute atomic E-state index is 0.0497. The van der Waals surface area contributed by atoms with E-state index in [1.165, 1.54) is 35.3 Å². The molecule has 0 aliphatic carbocycles. The molecule has 1 aromatic heterocycles. The molecule has 1 aliphatic heterocycles. The fourth-order valence-electron chi connectivity index (χ4n) is 4.14. The van der Waals surface area contributed by atoms with Crippen LogP contribution in [-0.4, -0.2) is 35.8 Å². The number of fused-ring (bicyclic) bond motifs is 1. The second kappa shape index (κ2) is 11.2. The molecule has 4 aromatic rings. The number of imidazole rings is 1. The fourth-order valence-corrected chi connectivity index (χ4v) is 5.17. The van der Waals surface area contributed by atoms with Crippen LogP contribution in [0, 0.1) is 5.41 Å². The van der Waals surface area contributed by atoms with E-state index in [1.807, 2.05) is 0 Å². The molecular formula is C31H28N4O7S. The summed E-state index contributed by atoms with van der Waals surface area (Å²) in [6.45, 7) is 4.88. The van der Waals surface area contributed by atoms with Gasteiger partial charge >= 0.3 is 11.9 Å². The minimum Gasteiger partial charge on any atom is -0.421 e. The van der Waals surface area contributed by atoms with Gasteiger partial charge < -0.3 is 14.1 Å². The van der Waals surface area contributed by atoms with Crippen molar-refractivity contribution in [2.45, 2.75) is 25.8 Å². The maximum absolute atomic E-state index is 14.0. The maximum Gasteiger partial charge on any atom is 0.343 e. The first-order valence-electron chi connectivity index (χ1n) is 13.1. The Labute approximate surface area is 248 Å². The Morgan fingerprint density at radius 2 is 1.53 bits per heavy atom. The number of carbonyl (C=O) groups is 3. The Balaban J connectivity index is 1.65. The number of hydrogen-bond acceptors (Lipinski definition) is 8. The maximum atomic E-state index is 14.0. The molecule has 1 aliphatic rings. The smallest absolute Gasteiger partial charge is 0.343 e. The number of nitrogens with zero attached hydrogens (tertiary/aromatic N) is 3. The van der Waals surface area contributed by atoms with Crippen LogP contribution in [0.4, 0.5) is 11.4 Å². The van der Waals surface area contributed by atoms with Crippen molar-refractivity contribution in [2.24, 2.45) is 12.5 Å². The zero-order valence-electron chi connectivity index (χ0n) is 23.8. The van der Waals surface area contributed by atoms with Crippen molar-refractivity contribution >= 4 is 50.6 Å². The number of hydroxylamine groups is 1. The molecule has 5 rings (SSSR count). The Kier molecular flexibility index (Phi) is 7.63. The Morgan fingerprint density at radius 3 is 2.12 bits per heavy atom. The molecule has 0 spiro atoms. The molecule has 2 heterocycles. The van der Waals surface area contributed by atoms with E-state index in [-0.39, 0.29) is 38.9 Å². The van der Waals surface area contributed by atoms with Gasteiger partial charge in [0.1, 0.15) is 0 Å². The third-order valence-corrected chi connectivity index (χ3v) is 7.61. The lowest BCUT2D eigenvalue weighted by molar-refractivity contribution is -0.157. The van der Waals surface area contributed by atoms with E-state index in [9.17, 15) is 22.8 Å². The van der Waals surface area contributed by atoms with Crippen LogP contribution < -0.4 is 9.79 Å². The van der Waals surface area contributed by atoms with Crippen LogP contribution in [0.1, 0.15) is 42.3 Å². The van der Waals surface area contributed by atoms with Gasteiger partial charge in [0.05, 0.1) is 34.3 Å². The zero-order chi connectivity index (χ0) is 30.9. The summed E-state index contributed by atoms with van der Waals surface area (Å²) in [4.78, 5) is 49.6. The second-order valence-electron chi connectivity index (χ2n) is 10.8. The van der Waals surface area contributed by atoms with Gasteiger partial charge in [0.25, 0.3) is 15.9 Å². The van der Waals surface area contributed by atoms with Crippen LogP contribution in [0.2, 0.25) is 0 Å². The Morgan fingerprint density at radius 1 is 0.907 bits per heavy atom. The van der Waals surface area contributed by atoms with Gasteiger partial charge in [-0.2, -0.15) is 8.42 Å². The lowest BCUT2D eigenvalue weighted by Gasteiger charge is -2.22. The average Bonchev–Trinajstić information content (AvgIpc) is 3.53. The third kappa shape index (κ3) is 6.04. The van der Waals surface area contributed by atoms with Crippen molar-refractivity contribution in [2.75, 3.05) is 9.79 Å². The van der Waals surface area contributed by atoms with Crippen molar-refractivity contribution in [3.05, 3.63) is 108 Å². The van der Waals surface area contributed by atoms with Gasteiger partial charge in [-0.15, -0.1) is 5.06 Å². The lowest BCUT2D eigenvalue weighted by Crippen LogP contribution is -2.35. The van der Waals surface area contributed by atoms with Crippen LogP contribution in [0.3, 0.4) is 0 Å². The summed E-state index contributed by atoms with van der Waals surface area (Å²) in [6, 6.07) is 21.1. The molecule has 0 saturated heterocycles. The van der Waals surface area contributed by atoms with Gasteiger partial charge in [-0.1, -0.05) is 48.5 Å². The SMILES string of the molecule is Cn1cnc(S(=O)(=O)Nc2ccc3c(c2)N(OC(=O)C(C)(C)C)C(=O)C3=C(OC(=O)c2ccccc2)c2ccccc2)c1. The first-order valence-corrected chi connectivity index (χ1v) is 14.6. The van der Waals surface area contributed by atoms with Crippen molar-refractivity contribution in [3.63, 3.8) is 0 Å². The van der Waals surface area contributed by atoms with Crippen molar-refractivity contribution in [3.8, 4) is 0 Å². The molecule has 0 bridgehead atoms. The molecule has 12 heteroatoms. The number of sulfonamides is 1. The number of carbonyl (C=O) groups excluding carboxylic acids is 3. The number of amides is 1. The van der Waals surface area contributed by atoms with Gasteiger partial charge in [0.15, 0.2) is 10.8 Å². The molecule has 0 fully saturated rings. The van der Waals surface area contributed by atoms with E-state index in [1.54, 1.807) is 88.5 Å². The van der Waals surface area contributed by atoms with E-state index in [2.05, 4.69) is 9.71 Å². The molecular weight excluding hydrogens is 572 g/mol. The van der Waals surface area contributed by atoms with Gasteiger partial charge in [-0.3, -0.25) is 9.52 Å². The summed E-state index contributed by atoms with van der Waals surface area (Å²) in [5, 5.41) is 0.582. The number of anilines is 2. The Hall–Kier alpha value is -5.23. The molecule has 0 saturated carbocycles. The minimum atomic E-state index is -4.08. The fraction of sp³-hybridized carbons (Fsp3) is 0.161. The van der Waals surface area contributed by atoms with Crippen molar-refractivity contribution < 1.29 is 32.4 Å². The van der Waals surface area contributed by atoms with Crippen LogP contribution in [0.5, 0.6) is 0 Å². The van der Waals surface area contributed by atoms with Crippen LogP contribution in [-0.2, 0) is 36.2 Å². The highest BCUT2D eigenvalue weighted by Gasteiger charge is 2.41. The summed E-state index contributed by atoms with van der Waals surface area (Å²) >= 11 is 0. The number of nitrogens with one attached hydrogen (secondary N) is 1. The summed E-state index contributed by atoms with van der Waals surface area (Å²) < 4.78 is 35.7. The predicted molar refractivity (Wildman–Crippen MR) is 159 cm³/mol. The largest absolute Gasteiger partial charge is 0.421 e. The molecule has 3 aromatic carbocycles. The molecule has 11 nitrogen and oxygen atoms in total. The van der Waals surface area contributed by atoms with Crippen LogP contribution in [0.25, 0.3) is 11.3 Å². The highest BCUT2D eigenvalue weighted by molar-refractivity contribution is 7.92. The van der Waals surface area contributed by atoms with Gasteiger partial charge in [0, 0.05) is 24.4 Å². The molecule has 0 unspecified atom stereocenters. The average molecular weight is 601 g/mol. The van der Waals surface area contributed by atoms with E-state index in [4.69, 9.17) is 9.57 Å². The van der Waals surface area contributed by atoms with Crippen LogP contribution >= 0.6 is 0 Å². The van der Waals surface area contributed by atoms with Crippen molar-refractivity contribution in [1.29, 1.82) is 0 Å².